The van der Waals surface area contributed by atoms with Gasteiger partial charge in [0.1, 0.15) is 0 Å². The van der Waals surface area contributed by atoms with Gasteiger partial charge in [0.05, 0.1) is 36.2 Å². The number of piperazine rings is 1. The summed E-state index contributed by atoms with van der Waals surface area (Å²) < 4.78 is 4.83. The first-order valence-corrected chi connectivity index (χ1v) is 13.5. The summed E-state index contributed by atoms with van der Waals surface area (Å²) in [5.74, 6) is -0.729. The average Bonchev–Trinajstić information content (AvgIpc) is 3.13. The van der Waals surface area contributed by atoms with Crippen molar-refractivity contribution in [2.75, 3.05) is 69.5 Å². The largest absolute Gasteiger partial charge is 0.465 e. The van der Waals surface area contributed by atoms with E-state index < -0.39 is 5.97 Å². The highest BCUT2D eigenvalue weighted by Gasteiger charge is 2.30. The molecule has 9 heteroatoms. The number of methoxy groups -OCH3 is 1. The lowest BCUT2D eigenvalue weighted by molar-refractivity contribution is -0.119. The summed E-state index contributed by atoms with van der Waals surface area (Å²) in [5, 5.41) is 6.30. The number of amides is 2. The Morgan fingerprint density at radius 1 is 1.07 bits per heavy atom. The van der Waals surface area contributed by atoms with E-state index in [2.05, 4.69) is 33.2 Å². The molecule has 0 aromatic heterocycles. The number of hydrogen-bond acceptors (Lipinski definition) is 7. The molecule has 2 aromatic carbocycles. The van der Waals surface area contributed by atoms with Crippen LogP contribution < -0.4 is 15.5 Å². The van der Waals surface area contributed by atoms with E-state index in [9.17, 15) is 14.4 Å². The number of benzene rings is 2. The fourth-order valence-corrected chi connectivity index (χ4v) is 4.92. The van der Waals surface area contributed by atoms with E-state index in [4.69, 9.17) is 4.74 Å². The number of nitrogens with zero attached hydrogens (tertiary/aromatic N) is 3. The van der Waals surface area contributed by atoms with Gasteiger partial charge in [-0.25, -0.2) is 4.79 Å². The van der Waals surface area contributed by atoms with Crippen LogP contribution in [0.5, 0.6) is 0 Å². The number of anilines is 3. The molecule has 2 aliphatic heterocycles. The van der Waals surface area contributed by atoms with Crippen LogP contribution in [0.4, 0.5) is 17.1 Å². The molecule has 210 valence electrons. The lowest BCUT2D eigenvalue weighted by atomic mass is 9.98. The number of rotatable bonds is 7. The maximum absolute atomic E-state index is 13.3. The third-order valence-corrected chi connectivity index (χ3v) is 7.39. The summed E-state index contributed by atoms with van der Waals surface area (Å²) in [6.45, 7) is 4.06. The monoisotopic (exact) mass is 551 g/mol. The zero-order valence-corrected chi connectivity index (χ0v) is 23.4. The third-order valence-electron chi connectivity index (χ3n) is 7.39. The number of allylic oxidation sites excluding steroid dienone is 4. The molecule has 0 bridgehead atoms. The zero-order valence-electron chi connectivity index (χ0n) is 23.4. The predicted octanol–water partition coefficient (Wildman–Crippen LogP) is 3.67. The lowest BCUT2D eigenvalue weighted by Gasteiger charge is -2.32. The summed E-state index contributed by atoms with van der Waals surface area (Å²) in [6, 6.07) is 12.5. The maximum Gasteiger partial charge on any atom is 0.337 e. The van der Waals surface area contributed by atoms with Crippen molar-refractivity contribution < 1.29 is 19.1 Å². The highest BCUT2D eigenvalue weighted by atomic mass is 16.5. The number of esters is 1. The van der Waals surface area contributed by atoms with Gasteiger partial charge in [-0.15, -0.1) is 5.73 Å². The number of likely N-dealkylation sites (N-methyl/N-ethyl adjacent to an activating group) is 2. The third kappa shape index (κ3) is 6.23. The second kappa shape index (κ2) is 12.2. The van der Waals surface area contributed by atoms with Gasteiger partial charge in [-0.05, 0) is 55.6 Å². The van der Waals surface area contributed by atoms with Gasteiger partial charge in [-0.3, -0.25) is 14.5 Å². The van der Waals surface area contributed by atoms with Crippen LogP contribution in [0.15, 0.2) is 89.8 Å². The summed E-state index contributed by atoms with van der Waals surface area (Å²) in [5.41, 5.74) is 7.98. The highest BCUT2D eigenvalue weighted by molar-refractivity contribution is 6.33. The van der Waals surface area contributed by atoms with Gasteiger partial charge in [-0.1, -0.05) is 24.3 Å². The molecule has 2 amide bonds. The van der Waals surface area contributed by atoms with Gasteiger partial charge < -0.3 is 25.2 Å². The van der Waals surface area contributed by atoms with Crippen molar-refractivity contribution in [1.29, 1.82) is 0 Å². The Morgan fingerprint density at radius 2 is 1.83 bits per heavy atom. The molecule has 1 saturated heterocycles. The molecule has 0 radical (unpaired) electrons. The Morgan fingerprint density at radius 3 is 2.56 bits per heavy atom. The van der Waals surface area contributed by atoms with Gasteiger partial charge in [0.15, 0.2) is 0 Å². The highest BCUT2D eigenvalue weighted by Crippen LogP contribution is 2.37. The molecule has 0 unspecified atom stereocenters. The minimum atomic E-state index is -0.477. The van der Waals surface area contributed by atoms with Gasteiger partial charge in [0, 0.05) is 55.7 Å². The van der Waals surface area contributed by atoms with Crippen molar-refractivity contribution >= 4 is 40.4 Å². The van der Waals surface area contributed by atoms with Crippen LogP contribution in [0.1, 0.15) is 15.9 Å². The fourth-order valence-electron chi connectivity index (χ4n) is 4.92. The predicted molar refractivity (Wildman–Crippen MR) is 161 cm³/mol. The Balaban J connectivity index is 1.42. The van der Waals surface area contributed by atoms with Gasteiger partial charge in [-0.2, -0.15) is 0 Å². The molecule has 0 saturated carbocycles. The second-order valence-corrected chi connectivity index (χ2v) is 10.1. The van der Waals surface area contributed by atoms with E-state index >= 15 is 0 Å². The van der Waals surface area contributed by atoms with Crippen molar-refractivity contribution in [3.63, 3.8) is 0 Å². The van der Waals surface area contributed by atoms with Crippen molar-refractivity contribution in [2.24, 2.45) is 0 Å². The first-order chi connectivity index (χ1) is 19.8. The van der Waals surface area contributed by atoms with E-state index in [1.54, 1.807) is 36.2 Å². The minimum Gasteiger partial charge on any atom is -0.465 e. The maximum atomic E-state index is 13.3. The van der Waals surface area contributed by atoms with Crippen LogP contribution in [0, 0.1) is 0 Å². The number of nitrogens with one attached hydrogen (secondary N) is 2. The molecule has 1 aliphatic carbocycles. The lowest BCUT2D eigenvalue weighted by Crippen LogP contribution is -2.48. The van der Waals surface area contributed by atoms with E-state index in [1.165, 1.54) is 7.11 Å². The molecule has 2 heterocycles. The van der Waals surface area contributed by atoms with E-state index in [-0.39, 0.29) is 11.8 Å². The standard InChI is InChI=1S/C32H33N5O4/c1-35-16-18-37(19-17-35)21-28(38)36(2)25-13-11-24(12-14-25)33-30(22-8-6-4-5-7-9-22)29-26-15-10-23(32(40)41-3)20-27(26)34-31(29)39/h4-6,8-15,20,33H,16-19,21H2,1-3H3,(H,34,39)/b30-29-. The molecule has 2 N–H and O–H groups in total. The normalized spacial score (nSPS) is 17.8. The Kier molecular flexibility index (Phi) is 8.31. The van der Waals surface area contributed by atoms with Crippen LogP contribution in [0.3, 0.4) is 0 Å². The van der Waals surface area contributed by atoms with Crippen molar-refractivity contribution in [2.45, 2.75) is 0 Å². The molecule has 0 atom stereocenters. The first kappa shape index (κ1) is 27.9. The summed E-state index contributed by atoms with van der Waals surface area (Å²) in [6.07, 6.45) is 9.25. The van der Waals surface area contributed by atoms with E-state index in [0.717, 1.165) is 43.1 Å². The first-order valence-electron chi connectivity index (χ1n) is 13.5. The summed E-state index contributed by atoms with van der Waals surface area (Å²) in [7, 11) is 5.20. The zero-order chi connectivity index (χ0) is 28.9. The molecule has 41 heavy (non-hydrogen) atoms. The minimum absolute atomic E-state index is 0.0379. The fraction of sp³-hybridized carbons (Fsp3) is 0.250. The van der Waals surface area contributed by atoms with Crippen LogP contribution in [0.25, 0.3) is 5.57 Å². The molecule has 0 spiro atoms. The van der Waals surface area contributed by atoms with Crippen molar-refractivity contribution in [3.8, 4) is 0 Å². The second-order valence-electron chi connectivity index (χ2n) is 10.1. The van der Waals surface area contributed by atoms with Crippen molar-refractivity contribution in [3.05, 3.63) is 101 Å². The Labute approximate surface area is 239 Å². The van der Waals surface area contributed by atoms with Crippen LogP contribution in [0.2, 0.25) is 0 Å². The smallest absolute Gasteiger partial charge is 0.337 e. The van der Waals surface area contributed by atoms with Crippen LogP contribution >= 0.6 is 0 Å². The Hall–Kier alpha value is -4.69. The molecular formula is C32H33N5O4. The van der Waals surface area contributed by atoms with Gasteiger partial charge in [0.25, 0.3) is 5.91 Å². The average molecular weight is 552 g/mol. The quantitative estimate of drug-likeness (QED) is 0.308. The topological polar surface area (TPSA) is 94.2 Å². The number of hydrogen-bond donors (Lipinski definition) is 2. The number of carbonyl (C=O) groups is 3. The molecule has 9 nitrogen and oxygen atoms in total. The number of ether oxygens (including phenoxy) is 1. The van der Waals surface area contributed by atoms with E-state index in [1.807, 2.05) is 48.6 Å². The molecule has 1 fully saturated rings. The number of carbonyl (C=O) groups excluding carboxylic acids is 3. The molecule has 3 aliphatic rings. The van der Waals surface area contributed by atoms with Crippen LogP contribution in [-0.2, 0) is 14.3 Å². The number of fused-ring (bicyclic) bond motifs is 1. The van der Waals surface area contributed by atoms with E-state index in [0.29, 0.717) is 34.6 Å². The van der Waals surface area contributed by atoms with Gasteiger partial charge >= 0.3 is 5.97 Å². The summed E-state index contributed by atoms with van der Waals surface area (Å²) >= 11 is 0. The van der Waals surface area contributed by atoms with Crippen LogP contribution in [-0.4, -0.2) is 81.5 Å². The molecule has 5 rings (SSSR count). The molecular weight excluding hydrogens is 518 g/mol. The van der Waals surface area contributed by atoms with Gasteiger partial charge in [0.2, 0.25) is 5.91 Å². The Bertz CT molecular complexity index is 1520. The van der Waals surface area contributed by atoms with Crippen molar-refractivity contribution in [1.82, 2.24) is 9.80 Å². The summed E-state index contributed by atoms with van der Waals surface area (Å²) in [4.78, 5) is 44.4. The molecule has 2 aromatic rings. The SMILES string of the molecule is COC(=O)c1ccc2c(c1)NC(=O)/C2=C(\Nc1ccc(N(C)C(=O)CN2CCN(C)CC2)cc1)C1=CC=CC=C=C1.